The normalized spacial score (nSPS) is 15.7. The molecule has 9 nitrogen and oxygen atoms in total. The SMILES string of the molecule is COc1ccccc1CN1CCn2nc(C(=O)N3CCN(c4ccccc4OC)CC3)cc2C1=O. The summed E-state index contributed by atoms with van der Waals surface area (Å²) in [5.41, 5.74) is 2.74. The molecule has 0 N–H and O–H groups in total. The van der Waals surface area contributed by atoms with Crippen molar-refractivity contribution in [1.29, 1.82) is 0 Å². The first-order valence-electron chi connectivity index (χ1n) is 11.8. The van der Waals surface area contributed by atoms with Crippen LogP contribution >= 0.6 is 0 Å². The Morgan fingerprint density at radius 1 is 0.886 bits per heavy atom. The maximum atomic E-state index is 13.2. The third-order valence-electron chi connectivity index (χ3n) is 6.63. The molecule has 2 aliphatic heterocycles. The van der Waals surface area contributed by atoms with Crippen molar-refractivity contribution in [2.24, 2.45) is 0 Å². The van der Waals surface area contributed by atoms with Gasteiger partial charge in [-0.2, -0.15) is 5.10 Å². The Bertz CT molecular complexity index is 1230. The van der Waals surface area contributed by atoms with Crippen molar-refractivity contribution in [2.45, 2.75) is 13.1 Å². The number of carbonyl (C=O) groups is 2. The molecule has 5 rings (SSSR count). The largest absolute Gasteiger partial charge is 0.496 e. The number of piperazine rings is 1. The minimum atomic E-state index is -0.143. The van der Waals surface area contributed by atoms with Crippen molar-refractivity contribution in [3.8, 4) is 11.5 Å². The molecule has 1 saturated heterocycles. The van der Waals surface area contributed by atoms with Gasteiger partial charge >= 0.3 is 0 Å². The van der Waals surface area contributed by atoms with E-state index >= 15 is 0 Å². The number of ether oxygens (including phenoxy) is 2. The van der Waals surface area contributed by atoms with E-state index in [-0.39, 0.29) is 11.8 Å². The fourth-order valence-electron chi connectivity index (χ4n) is 4.74. The van der Waals surface area contributed by atoms with Crippen LogP contribution in [-0.4, -0.2) is 78.3 Å². The lowest BCUT2D eigenvalue weighted by Gasteiger charge is -2.36. The maximum absolute atomic E-state index is 13.2. The Hall–Kier alpha value is -4.01. The molecule has 9 heteroatoms. The van der Waals surface area contributed by atoms with Crippen molar-refractivity contribution in [1.82, 2.24) is 19.6 Å². The summed E-state index contributed by atoms with van der Waals surface area (Å²) in [5, 5.41) is 4.48. The number of methoxy groups -OCH3 is 2. The lowest BCUT2D eigenvalue weighted by molar-refractivity contribution is 0.0679. The fourth-order valence-corrected chi connectivity index (χ4v) is 4.74. The van der Waals surface area contributed by atoms with Crippen LogP contribution in [0, 0.1) is 0 Å². The molecule has 2 aromatic carbocycles. The summed E-state index contributed by atoms with van der Waals surface area (Å²) >= 11 is 0. The van der Waals surface area contributed by atoms with Crippen molar-refractivity contribution in [3.05, 3.63) is 71.5 Å². The zero-order chi connectivity index (χ0) is 24.4. The molecule has 35 heavy (non-hydrogen) atoms. The molecule has 1 fully saturated rings. The molecule has 0 spiro atoms. The van der Waals surface area contributed by atoms with Crippen molar-refractivity contribution in [3.63, 3.8) is 0 Å². The van der Waals surface area contributed by atoms with E-state index in [0.29, 0.717) is 57.2 Å². The summed E-state index contributed by atoms with van der Waals surface area (Å²) in [7, 11) is 3.29. The van der Waals surface area contributed by atoms with Crippen LogP contribution in [0.2, 0.25) is 0 Å². The molecule has 0 atom stereocenters. The fraction of sp³-hybridized carbons (Fsp3) is 0.346. The zero-order valence-electron chi connectivity index (χ0n) is 20.0. The molecule has 182 valence electrons. The van der Waals surface area contributed by atoms with Gasteiger partial charge in [0.2, 0.25) is 0 Å². The van der Waals surface area contributed by atoms with Gasteiger partial charge in [-0.25, -0.2) is 0 Å². The number of hydrogen-bond donors (Lipinski definition) is 0. The van der Waals surface area contributed by atoms with Gasteiger partial charge in [-0.1, -0.05) is 30.3 Å². The molecule has 2 amide bonds. The standard InChI is InChI=1S/C26H29N5O4/c1-34-23-9-5-3-7-19(23)18-30-15-16-31-22(26(30)33)17-20(27-31)25(32)29-13-11-28(12-14-29)21-8-4-6-10-24(21)35-2/h3-10,17H,11-16,18H2,1-2H3. The molecule has 3 aromatic rings. The number of nitrogens with zero attached hydrogens (tertiary/aromatic N) is 5. The second kappa shape index (κ2) is 9.69. The van der Waals surface area contributed by atoms with Gasteiger partial charge in [0.1, 0.15) is 17.2 Å². The molecular formula is C26H29N5O4. The average molecular weight is 476 g/mol. The van der Waals surface area contributed by atoms with Gasteiger partial charge in [0.25, 0.3) is 11.8 Å². The van der Waals surface area contributed by atoms with Crippen molar-refractivity contribution in [2.75, 3.05) is 51.8 Å². The predicted molar refractivity (Wildman–Crippen MR) is 131 cm³/mol. The van der Waals surface area contributed by atoms with E-state index in [1.807, 2.05) is 48.5 Å². The number of aromatic nitrogens is 2. The second-order valence-corrected chi connectivity index (χ2v) is 8.63. The molecule has 0 unspecified atom stereocenters. The highest BCUT2D eigenvalue weighted by Crippen LogP contribution is 2.29. The van der Waals surface area contributed by atoms with E-state index in [2.05, 4.69) is 10.00 Å². The first-order chi connectivity index (χ1) is 17.1. The lowest BCUT2D eigenvalue weighted by Crippen LogP contribution is -2.49. The number of benzene rings is 2. The van der Waals surface area contributed by atoms with E-state index in [9.17, 15) is 9.59 Å². The Labute approximate surface area is 204 Å². The molecule has 0 radical (unpaired) electrons. The van der Waals surface area contributed by atoms with Crippen LogP contribution < -0.4 is 14.4 Å². The number of anilines is 1. The molecule has 2 aliphatic rings. The number of carbonyl (C=O) groups excluding carboxylic acids is 2. The minimum Gasteiger partial charge on any atom is -0.496 e. The molecular weight excluding hydrogens is 446 g/mol. The summed E-state index contributed by atoms with van der Waals surface area (Å²) in [4.78, 5) is 32.2. The Balaban J connectivity index is 1.25. The smallest absolute Gasteiger partial charge is 0.274 e. The minimum absolute atomic E-state index is 0.130. The Morgan fingerprint density at radius 3 is 2.31 bits per heavy atom. The third-order valence-corrected chi connectivity index (χ3v) is 6.63. The van der Waals surface area contributed by atoms with Crippen molar-refractivity contribution < 1.29 is 19.1 Å². The number of para-hydroxylation sites is 3. The van der Waals surface area contributed by atoms with Gasteiger partial charge < -0.3 is 24.2 Å². The van der Waals surface area contributed by atoms with E-state index in [1.165, 1.54) is 0 Å². The van der Waals surface area contributed by atoms with Gasteiger partial charge in [0.15, 0.2) is 5.69 Å². The quantitative estimate of drug-likeness (QED) is 0.545. The molecule has 0 bridgehead atoms. The lowest BCUT2D eigenvalue weighted by atomic mass is 10.1. The first-order valence-corrected chi connectivity index (χ1v) is 11.8. The van der Waals surface area contributed by atoms with Crippen LogP contribution in [0.1, 0.15) is 26.5 Å². The van der Waals surface area contributed by atoms with Crippen LogP contribution in [0.5, 0.6) is 11.5 Å². The number of fused-ring (bicyclic) bond motifs is 1. The van der Waals surface area contributed by atoms with Gasteiger partial charge in [-0.3, -0.25) is 14.3 Å². The molecule has 1 aromatic heterocycles. The number of rotatable bonds is 6. The predicted octanol–water partition coefficient (Wildman–Crippen LogP) is 2.52. The Morgan fingerprint density at radius 2 is 1.57 bits per heavy atom. The molecule has 0 aliphatic carbocycles. The van der Waals surface area contributed by atoms with Crippen LogP contribution in [-0.2, 0) is 13.1 Å². The topological polar surface area (TPSA) is 80.1 Å². The summed E-state index contributed by atoms with van der Waals surface area (Å²) in [5.74, 6) is 1.30. The van der Waals surface area contributed by atoms with Gasteiger partial charge in [-0.15, -0.1) is 0 Å². The zero-order valence-corrected chi connectivity index (χ0v) is 20.0. The highest BCUT2D eigenvalue weighted by atomic mass is 16.5. The van der Waals surface area contributed by atoms with Crippen LogP contribution in [0.25, 0.3) is 0 Å². The van der Waals surface area contributed by atoms with E-state index in [4.69, 9.17) is 9.47 Å². The van der Waals surface area contributed by atoms with Crippen LogP contribution in [0.3, 0.4) is 0 Å². The van der Waals surface area contributed by atoms with E-state index < -0.39 is 0 Å². The van der Waals surface area contributed by atoms with Gasteiger partial charge in [0, 0.05) is 50.9 Å². The summed E-state index contributed by atoms with van der Waals surface area (Å²) in [6.07, 6.45) is 0. The number of amides is 2. The van der Waals surface area contributed by atoms with E-state index in [1.54, 1.807) is 34.8 Å². The van der Waals surface area contributed by atoms with Gasteiger partial charge in [0.05, 0.1) is 26.5 Å². The van der Waals surface area contributed by atoms with Gasteiger partial charge in [-0.05, 0) is 18.2 Å². The van der Waals surface area contributed by atoms with Crippen molar-refractivity contribution >= 4 is 17.5 Å². The first kappa shape index (κ1) is 22.8. The highest BCUT2D eigenvalue weighted by Gasteiger charge is 2.31. The highest BCUT2D eigenvalue weighted by molar-refractivity contribution is 5.98. The summed E-state index contributed by atoms with van der Waals surface area (Å²) in [6.45, 7) is 4.07. The maximum Gasteiger partial charge on any atom is 0.274 e. The molecule has 0 saturated carbocycles. The van der Waals surface area contributed by atoms with E-state index in [0.717, 1.165) is 22.7 Å². The third kappa shape index (κ3) is 4.41. The monoisotopic (exact) mass is 475 g/mol. The van der Waals surface area contributed by atoms with Crippen LogP contribution in [0.4, 0.5) is 5.69 Å². The molecule has 3 heterocycles. The summed E-state index contributed by atoms with van der Waals surface area (Å²) in [6, 6.07) is 17.2. The second-order valence-electron chi connectivity index (χ2n) is 8.63. The average Bonchev–Trinajstić information content (AvgIpc) is 3.35. The Kier molecular flexibility index (Phi) is 6.31. The van der Waals surface area contributed by atoms with Crippen LogP contribution in [0.15, 0.2) is 54.6 Å². The number of hydrogen-bond acceptors (Lipinski definition) is 6. The summed E-state index contributed by atoms with van der Waals surface area (Å²) < 4.78 is 12.6.